The number of nitrogens with zero attached hydrogens (tertiary/aromatic N) is 1. The first kappa shape index (κ1) is 21.6. The average molecular weight is 438 g/mol. The van der Waals surface area contributed by atoms with Crippen molar-refractivity contribution in [3.63, 3.8) is 0 Å². The van der Waals surface area contributed by atoms with Gasteiger partial charge in [-0.15, -0.1) is 0 Å². The van der Waals surface area contributed by atoms with Gasteiger partial charge in [-0.3, -0.25) is 4.79 Å². The van der Waals surface area contributed by atoms with E-state index in [0.29, 0.717) is 22.7 Å². The number of rotatable bonds is 7. The van der Waals surface area contributed by atoms with Crippen LogP contribution in [-0.2, 0) is 4.79 Å². The summed E-state index contributed by atoms with van der Waals surface area (Å²) >= 11 is 18.2. The number of carbonyl (C=O) groups is 1. The smallest absolute Gasteiger partial charge is 0.266 e. The monoisotopic (exact) mass is 436 g/mol. The Morgan fingerprint density at radius 1 is 1.29 bits per heavy atom. The van der Waals surface area contributed by atoms with Crippen molar-refractivity contribution in [1.82, 2.24) is 0 Å². The fourth-order valence-electron chi connectivity index (χ4n) is 2.21. The van der Waals surface area contributed by atoms with Crippen LogP contribution in [0.2, 0.25) is 15.1 Å². The molecule has 0 radical (unpaired) electrons. The lowest BCUT2D eigenvalue weighted by Crippen LogP contribution is -2.13. The van der Waals surface area contributed by atoms with Gasteiger partial charge in [0, 0.05) is 0 Å². The molecule has 8 heteroatoms. The fraction of sp³-hybridized carbons (Fsp3) is 0.100. The molecule has 0 aliphatic heterocycles. The van der Waals surface area contributed by atoms with Crippen LogP contribution in [0.3, 0.4) is 0 Å². The van der Waals surface area contributed by atoms with Gasteiger partial charge >= 0.3 is 0 Å². The molecular formula is C20H15Cl3N2O3. The highest BCUT2D eigenvalue weighted by Gasteiger charge is 2.15. The lowest BCUT2D eigenvalue weighted by molar-refractivity contribution is -0.112. The van der Waals surface area contributed by atoms with Gasteiger partial charge in [0.05, 0.1) is 27.9 Å². The Labute approximate surface area is 177 Å². The van der Waals surface area contributed by atoms with Gasteiger partial charge in [-0.2, -0.15) is 5.26 Å². The van der Waals surface area contributed by atoms with E-state index in [-0.39, 0.29) is 27.2 Å². The Balaban J connectivity index is 2.34. The first-order valence-corrected chi connectivity index (χ1v) is 9.03. The van der Waals surface area contributed by atoms with E-state index in [1.807, 2.05) is 6.07 Å². The SMILES string of the molecule is C=CCOc1c(Cl)cc(/C=C(/C#N)C(=O)Nc2cccc(Cl)c2Cl)cc1OC. The first-order valence-electron chi connectivity index (χ1n) is 7.89. The van der Waals surface area contributed by atoms with Gasteiger partial charge in [0.2, 0.25) is 0 Å². The van der Waals surface area contributed by atoms with Crippen LogP contribution in [-0.4, -0.2) is 19.6 Å². The zero-order chi connectivity index (χ0) is 20.7. The van der Waals surface area contributed by atoms with Crippen LogP contribution in [0, 0.1) is 11.3 Å². The predicted octanol–water partition coefficient (Wildman–Crippen LogP) is 5.77. The van der Waals surface area contributed by atoms with Gasteiger partial charge in [-0.25, -0.2) is 0 Å². The Bertz CT molecular complexity index is 981. The molecule has 2 rings (SSSR count). The molecule has 144 valence electrons. The summed E-state index contributed by atoms with van der Waals surface area (Å²) in [5.74, 6) is 0.0554. The summed E-state index contributed by atoms with van der Waals surface area (Å²) in [5.41, 5.74) is 0.620. The Morgan fingerprint density at radius 3 is 2.68 bits per heavy atom. The largest absolute Gasteiger partial charge is 0.493 e. The van der Waals surface area contributed by atoms with Crippen molar-refractivity contribution in [2.45, 2.75) is 0 Å². The second-order valence-electron chi connectivity index (χ2n) is 5.36. The molecule has 1 N–H and O–H groups in total. The molecule has 0 unspecified atom stereocenters. The molecule has 0 heterocycles. The number of anilines is 1. The maximum Gasteiger partial charge on any atom is 0.266 e. The zero-order valence-electron chi connectivity index (χ0n) is 14.8. The van der Waals surface area contributed by atoms with Gasteiger partial charge in [-0.05, 0) is 35.9 Å². The second kappa shape index (κ2) is 10.0. The summed E-state index contributed by atoms with van der Waals surface area (Å²) in [7, 11) is 1.46. The van der Waals surface area contributed by atoms with Gasteiger partial charge in [-0.1, -0.05) is 53.5 Å². The number of hydrogen-bond donors (Lipinski definition) is 1. The van der Waals surface area contributed by atoms with Crippen LogP contribution in [0.25, 0.3) is 6.08 Å². The lowest BCUT2D eigenvalue weighted by Gasteiger charge is -2.12. The zero-order valence-corrected chi connectivity index (χ0v) is 17.0. The number of carbonyl (C=O) groups excluding carboxylic acids is 1. The van der Waals surface area contributed by atoms with Crippen LogP contribution in [0.4, 0.5) is 5.69 Å². The molecule has 0 bridgehead atoms. The summed E-state index contributed by atoms with van der Waals surface area (Å²) < 4.78 is 10.8. The molecule has 0 aliphatic rings. The fourth-order valence-corrected chi connectivity index (χ4v) is 2.83. The topological polar surface area (TPSA) is 71.3 Å². The first-order chi connectivity index (χ1) is 13.4. The van der Waals surface area contributed by atoms with Gasteiger partial charge in [0.1, 0.15) is 18.2 Å². The molecule has 1 amide bonds. The summed E-state index contributed by atoms with van der Waals surface area (Å²) in [5, 5.41) is 12.7. The molecule has 0 aliphatic carbocycles. The van der Waals surface area contributed by atoms with Crippen molar-refractivity contribution in [3.8, 4) is 17.6 Å². The normalized spacial score (nSPS) is 10.8. The molecule has 0 saturated heterocycles. The molecule has 0 aromatic heterocycles. The van der Waals surface area contributed by atoms with Crippen LogP contribution < -0.4 is 14.8 Å². The number of methoxy groups -OCH3 is 1. The number of benzene rings is 2. The predicted molar refractivity (Wildman–Crippen MR) is 112 cm³/mol. The third-order valence-electron chi connectivity index (χ3n) is 3.47. The van der Waals surface area contributed by atoms with Crippen molar-refractivity contribution in [1.29, 1.82) is 5.26 Å². The number of ether oxygens (including phenoxy) is 2. The van der Waals surface area contributed by atoms with Crippen LogP contribution in [0.5, 0.6) is 11.5 Å². The highest BCUT2D eigenvalue weighted by Crippen LogP contribution is 2.37. The van der Waals surface area contributed by atoms with E-state index < -0.39 is 5.91 Å². The van der Waals surface area contributed by atoms with Crippen LogP contribution in [0.1, 0.15) is 5.56 Å². The van der Waals surface area contributed by atoms with Crippen molar-refractivity contribution in [2.75, 3.05) is 19.0 Å². The molecule has 2 aromatic carbocycles. The van der Waals surface area contributed by atoms with E-state index in [4.69, 9.17) is 44.3 Å². The minimum Gasteiger partial charge on any atom is -0.493 e. The molecule has 5 nitrogen and oxygen atoms in total. The summed E-state index contributed by atoms with van der Waals surface area (Å²) in [6.07, 6.45) is 2.95. The lowest BCUT2D eigenvalue weighted by atomic mass is 10.1. The Kier molecular flexibility index (Phi) is 7.77. The number of hydrogen-bond acceptors (Lipinski definition) is 4. The molecule has 0 saturated carbocycles. The van der Waals surface area contributed by atoms with Crippen molar-refractivity contribution < 1.29 is 14.3 Å². The molecule has 0 atom stereocenters. The number of amides is 1. The van der Waals surface area contributed by atoms with E-state index in [0.717, 1.165) is 0 Å². The molecular weight excluding hydrogens is 423 g/mol. The van der Waals surface area contributed by atoms with Gasteiger partial charge in [0.25, 0.3) is 5.91 Å². The minimum absolute atomic E-state index is 0.158. The van der Waals surface area contributed by atoms with Gasteiger partial charge < -0.3 is 14.8 Å². The van der Waals surface area contributed by atoms with Crippen molar-refractivity contribution in [2.24, 2.45) is 0 Å². The second-order valence-corrected chi connectivity index (χ2v) is 6.55. The van der Waals surface area contributed by atoms with E-state index >= 15 is 0 Å². The van der Waals surface area contributed by atoms with Crippen molar-refractivity contribution >= 4 is 52.5 Å². The summed E-state index contributed by atoms with van der Waals surface area (Å²) in [6.45, 7) is 3.83. The molecule has 28 heavy (non-hydrogen) atoms. The van der Waals surface area contributed by atoms with Crippen molar-refractivity contribution in [3.05, 3.63) is 69.2 Å². The summed E-state index contributed by atoms with van der Waals surface area (Å²) in [6, 6.07) is 9.80. The third-order valence-corrected chi connectivity index (χ3v) is 4.57. The van der Waals surface area contributed by atoms with E-state index in [9.17, 15) is 10.1 Å². The minimum atomic E-state index is -0.645. The van der Waals surface area contributed by atoms with Gasteiger partial charge in [0.15, 0.2) is 11.5 Å². The average Bonchev–Trinajstić information content (AvgIpc) is 2.68. The molecule has 2 aromatic rings. The highest BCUT2D eigenvalue weighted by molar-refractivity contribution is 6.44. The maximum atomic E-state index is 12.5. The third kappa shape index (κ3) is 5.20. The number of nitriles is 1. The summed E-state index contributed by atoms with van der Waals surface area (Å²) in [4.78, 5) is 12.5. The Hall–Kier alpha value is -2.65. The van der Waals surface area contributed by atoms with E-state index in [1.165, 1.54) is 13.2 Å². The van der Waals surface area contributed by atoms with E-state index in [2.05, 4.69) is 11.9 Å². The standard InChI is InChI=1S/C20H15Cl3N2O3/c1-3-7-28-19-15(22)9-12(10-17(19)27-2)8-13(11-24)20(26)25-16-6-4-5-14(21)18(16)23/h3-6,8-10H,1,7H2,2H3,(H,25,26)/b13-8-. The van der Waals surface area contributed by atoms with E-state index in [1.54, 1.807) is 36.4 Å². The van der Waals surface area contributed by atoms with Crippen LogP contribution >= 0.6 is 34.8 Å². The number of nitrogens with one attached hydrogen (secondary N) is 1. The quantitative estimate of drug-likeness (QED) is 0.339. The molecule has 0 fully saturated rings. The highest BCUT2D eigenvalue weighted by atomic mass is 35.5. The van der Waals surface area contributed by atoms with Crippen LogP contribution in [0.15, 0.2) is 48.6 Å². The Morgan fingerprint density at radius 2 is 2.04 bits per heavy atom. The number of halogens is 3. The molecule has 0 spiro atoms. The maximum absolute atomic E-state index is 12.5.